The fourth-order valence-corrected chi connectivity index (χ4v) is 8.12. The molecule has 0 saturated carbocycles. The third kappa shape index (κ3) is 37.0. The first-order valence-corrected chi connectivity index (χ1v) is 27.4. The van der Waals surface area contributed by atoms with E-state index in [0.717, 1.165) is 96.3 Å². The van der Waals surface area contributed by atoms with Crippen LogP contribution < -0.4 is 5.32 Å². The molecule has 68 heavy (non-hydrogen) atoms. The summed E-state index contributed by atoms with van der Waals surface area (Å²) in [5, 5.41) is 53.8. The number of rotatable bonds is 45. The molecule has 1 amide bonds. The van der Waals surface area contributed by atoms with Gasteiger partial charge in [0, 0.05) is 6.42 Å². The highest BCUT2D eigenvalue weighted by atomic mass is 16.7. The van der Waals surface area contributed by atoms with Crippen molar-refractivity contribution in [2.75, 3.05) is 13.2 Å². The van der Waals surface area contributed by atoms with E-state index >= 15 is 0 Å². The number of aliphatic hydroxyl groups is 5. The zero-order chi connectivity index (χ0) is 49.4. The van der Waals surface area contributed by atoms with Gasteiger partial charge in [0.2, 0.25) is 5.91 Å². The van der Waals surface area contributed by atoms with Crippen LogP contribution in [0.2, 0.25) is 0 Å². The van der Waals surface area contributed by atoms with Gasteiger partial charge in [-0.3, -0.25) is 4.79 Å². The van der Waals surface area contributed by atoms with Crippen molar-refractivity contribution in [3.63, 3.8) is 0 Å². The zero-order valence-corrected chi connectivity index (χ0v) is 43.1. The summed E-state index contributed by atoms with van der Waals surface area (Å²) in [5.74, 6) is -0.156. The quantitative estimate of drug-likeness (QED) is 0.0261. The molecule has 390 valence electrons. The number of aliphatic hydroxyl groups excluding tert-OH is 5. The Morgan fingerprint density at radius 1 is 0.515 bits per heavy atom. The van der Waals surface area contributed by atoms with Crippen molar-refractivity contribution in [1.29, 1.82) is 0 Å². The van der Waals surface area contributed by atoms with Crippen molar-refractivity contribution in [2.24, 2.45) is 0 Å². The summed E-state index contributed by atoms with van der Waals surface area (Å²) >= 11 is 0. The molecular formula is C59H101NO8. The molecule has 7 unspecified atom stereocenters. The van der Waals surface area contributed by atoms with E-state index in [2.05, 4.69) is 116 Å². The molecule has 0 spiro atoms. The first kappa shape index (κ1) is 63.1. The minimum absolute atomic E-state index is 0.144. The van der Waals surface area contributed by atoms with Gasteiger partial charge in [0.1, 0.15) is 24.4 Å². The van der Waals surface area contributed by atoms with Crippen LogP contribution in [0.3, 0.4) is 0 Å². The number of hydrogen-bond acceptors (Lipinski definition) is 8. The predicted molar refractivity (Wildman–Crippen MR) is 285 cm³/mol. The van der Waals surface area contributed by atoms with Crippen LogP contribution in [0.4, 0.5) is 0 Å². The van der Waals surface area contributed by atoms with Crippen LogP contribution in [0, 0.1) is 0 Å². The average Bonchev–Trinajstić information content (AvgIpc) is 3.34. The topological polar surface area (TPSA) is 149 Å². The Kier molecular flexibility index (Phi) is 44.3. The molecule has 7 atom stereocenters. The fourth-order valence-electron chi connectivity index (χ4n) is 8.12. The summed E-state index contributed by atoms with van der Waals surface area (Å²) in [7, 11) is 0. The maximum Gasteiger partial charge on any atom is 0.220 e. The summed E-state index contributed by atoms with van der Waals surface area (Å²) in [6.07, 6.45) is 62.4. The Morgan fingerprint density at radius 3 is 1.34 bits per heavy atom. The van der Waals surface area contributed by atoms with Crippen molar-refractivity contribution in [3.05, 3.63) is 97.2 Å². The van der Waals surface area contributed by atoms with E-state index in [1.54, 1.807) is 0 Å². The fraction of sp³-hybridized carbons (Fsp3) is 0.712. The van der Waals surface area contributed by atoms with Gasteiger partial charge in [0.15, 0.2) is 6.29 Å². The lowest BCUT2D eigenvalue weighted by molar-refractivity contribution is -0.302. The van der Waals surface area contributed by atoms with E-state index in [4.69, 9.17) is 9.47 Å². The third-order valence-electron chi connectivity index (χ3n) is 12.5. The van der Waals surface area contributed by atoms with E-state index in [-0.39, 0.29) is 12.5 Å². The lowest BCUT2D eigenvalue weighted by Crippen LogP contribution is -2.60. The van der Waals surface area contributed by atoms with Gasteiger partial charge in [-0.1, -0.05) is 227 Å². The van der Waals surface area contributed by atoms with Crippen LogP contribution in [0.5, 0.6) is 0 Å². The molecule has 9 heteroatoms. The molecule has 0 aliphatic carbocycles. The maximum atomic E-state index is 12.9. The molecule has 0 aromatic heterocycles. The van der Waals surface area contributed by atoms with Crippen LogP contribution in [-0.2, 0) is 14.3 Å². The third-order valence-corrected chi connectivity index (χ3v) is 12.5. The Balaban J connectivity index is 1.97. The SMILES string of the molecule is CC/C=C\C/C=C\C/C=C\C/C=C\C/C=C\C/C=C\C/C=C\C/C=C\CCCCCCCCCCCCCCCCCCC(=O)NC(COC1OC(CO)C(O)C(O)C1O)C(O)CCCCCC. The highest BCUT2D eigenvalue weighted by Gasteiger charge is 2.44. The standard InChI is InChI=1S/C59H101NO8/c1-3-5-7-9-10-11-12-13-14-15-16-17-18-19-20-21-22-23-24-25-26-27-28-29-30-31-32-33-34-35-36-37-38-39-40-41-42-43-44-45-47-49-55(63)60-52(53(62)48-46-8-6-4-2)51-67-59-58(66)57(65)56(64)54(50-61)68-59/h5,7,10-11,13-14,16-17,19-20,22-23,25-26,28-29,52-54,56-59,61-62,64-66H,3-4,6,8-9,12,15,18,21,24,27,30-51H2,1-2H3,(H,60,63)/b7-5-,11-10-,14-13-,17-16-,20-19-,23-22-,26-25-,29-28-. The minimum Gasteiger partial charge on any atom is -0.394 e. The number of carbonyl (C=O) groups is 1. The Bertz CT molecular complexity index is 1380. The molecule has 1 aliphatic heterocycles. The number of carbonyl (C=O) groups excluding carboxylic acids is 1. The summed E-state index contributed by atoms with van der Waals surface area (Å²) in [4.78, 5) is 12.9. The number of unbranched alkanes of at least 4 members (excludes halogenated alkanes) is 19. The first-order valence-electron chi connectivity index (χ1n) is 27.4. The average molecular weight is 952 g/mol. The van der Waals surface area contributed by atoms with Gasteiger partial charge in [0.25, 0.3) is 0 Å². The summed E-state index contributed by atoms with van der Waals surface area (Å²) in [6, 6.07) is -0.718. The summed E-state index contributed by atoms with van der Waals surface area (Å²) < 4.78 is 11.1. The monoisotopic (exact) mass is 952 g/mol. The smallest absolute Gasteiger partial charge is 0.220 e. The number of amides is 1. The maximum absolute atomic E-state index is 12.9. The lowest BCUT2D eigenvalue weighted by Gasteiger charge is -2.40. The van der Waals surface area contributed by atoms with Crippen molar-refractivity contribution >= 4 is 5.91 Å². The molecule has 6 N–H and O–H groups in total. The number of hydrogen-bond donors (Lipinski definition) is 6. The molecule has 1 heterocycles. The number of allylic oxidation sites excluding steroid dienone is 16. The molecule has 9 nitrogen and oxygen atoms in total. The van der Waals surface area contributed by atoms with Crippen molar-refractivity contribution in [1.82, 2.24) is 5.32 Å². The Morgan fingerprint density at radius 2 is 0.912 bits per heavy atom. The van der Waals surface area contributed by atoms with Gasteiger partial charge >= 0.3 is 0 Å². The number of ether oxygens (including phenoxy) is 2. The van der Waals surface area contributed by atoms with E-state index in [1.807, 2.05) is 0 Å². The second kappa shape index (κ2) is 47.8. The van der Waals surface area contributed by atoms with Crippen LogP contribution in [0.25, 0.3) is 0 Å². The van der Waals surface area contributed by atoms with Gasteiger partial charge < -0.3 is 40.3 Å². The van der Waals surface area contributed by atoms with Gasteiger partial charge in [-0.05, 0) is 77.0 Å². The Labute approximate surface area is 415 Å². The second-order valence-corrected chi connectivity index (χ2v) is 18.6. The zero-order valence-electron chi connectivity index (χ0n) is 43.1. The van der Waals surface area contributed by atoms with Gasteiger partial charge in [-0.15, -0.1) is 0 Å². The van der Waals surface area contributed by atoms with Gasteiger partial charge in [0.05, 0.1) is 25.4 Å². The largest absolute Gasteiger partial charge is 0.394 e. The Hall–Kier alpha value is -2.89. The molecule has 1 rings (SSSR count). The highest BCUT2D eigenvalue weighted by molar-refractivity contribution is 5.76. The molecule has 1 fully saturated rings. The van der Waals surface area contributed by atoms with E-state index in [9.17, 15) is 30.3 Å². The van der Waals surface area contributed by atoms with Gasteiger partial charge in [-0.2, -0.15) is 0 Å². The van der Waals surface area contributed by atoms with E-state index in [1.165, 1.54) is 89.9 Å². The lowest BCUT2D eigenvalue weighted by atomic mass is 9.99. The normalized spacial score (nSPS) is 20.4. The minimum atomic E-state index is -1.55. The summed E-state index contributed by atoms with van der Waals surface area (Å²) in [5.41, 5.74) is 0. The number of nitrogens with one attached hydrogen (secondary N) is 1. The van der Waals surface area contributed by atoms with E-state index in [0.29, 0.717) is 12.8 Å². The van der Waals surface area contributed by atoms with E-state index < -0.39 is 49.5 Å². The van der Waals surface area contributed by atoms with Gasteiger partial charge in [-0.25, -0.2) is 0 Å². The second-order valence-electron chi connectivity index (χ2n) is 18.6. The van der Waals surface area contributed by atoms with Crippen LogP contribution >= 0.6 is 0 Å². The van der Waals surface area contributed by atoms with Crippen LogP contribution in [0.1, 0.15) is 213 Å². The van der Waals surface area contributed by atoms with Crippen molar-refractivity contribution < 1.29 is 39.8 Å². The summed E-state index contributed by atoms with van der Waals surface area (Å²) in [6.45, 7) is 3.58. The molecule has 1 saturated heterocycles. The molecular weight excluding hydrogens is 851 g/mol. The molecule has 0 aromatic carbocycles. The van der Waals surface area contributed by atoms with Crippen molar-refractivity contribution in [2.45, 2.75) is 256 Å². The predicted octanol–water partition coefficient (Wildman–Crippen LogP) is 13.2. The molecule has 0 radical (unpaired) electrons. The molecule has 1 aliphatic rings. The first-order chi connectivity index (χ1) is 33.3. The highest BCUT2D eigenvalue weighted by Crippen LogP contribution is 2.23. The van der Waals surface area contributed by atoms with Crippen LogP contribution in [0.15, 0.2) is 97.2 Å². The van der Waals surface area contributed by atoms with Crippen molar-refractivity contribution in [3.8, 4) is 0 Å². The van der Waals surface area contributed by atoms with Crippen LogP contribution in [-0.4, -0.2) is 87.5 Å². The molecule has 0 aromatic rings. The molecule has 0 bridgehead atoms.